The maximum atomic E-state index is 14.1. The number of hydrogen-bond donors (Lipinski definition) is 3. The van der Waals surface area contributed by atoms with Crippen molar-refractivity contribution in [1.82, 2.24) is 5.32 Å². The lowest BCUT2D eigenvalue weighted by Crippen LogP contribution is -2.46. The first kappa shape index (κ1) is 25.8. The van der Waals surface area contributed by atoms with Gasteiger partial charge in [-0.25, -0.2) is 4.39 Å². The third kappa shape index (κ3) is 7.64. The molecule has 0 bridgehead atoms. The average Bonchev–Trinajstić information content (AvgIpc) is 3.18. The summed E-state index contributed by atoms with van der Waals surface area (Å²) in [4.78, 5) is 10.6. The third-order valence-electron chi connectivity index (χ3n) is 6.03. The molecule has 3 N–H and O–H groups in total. The first-order chi connectivity index (χ1) is 16.1. The van der Waals surface area contributed by atoms with Crippen LogP contribution in [-0.4, -0.2) is 41.0 Å². The molecule has 0 heterocycles. The van der Waals surface area contributed by atoms with E-state index >= 15 is 0 Å². The predicted molar refractivity (Wildman–Crippen MR) is 128 cm³/mol. The Balaban J connectivity index is 1.47. The Bertz CT molecular complexity index is 997. The van der Waals surface area contributed by atoms with Crippen LogP contribution in [0.1, 0.15) is 49.8 Å². The van der Waals surface area contributed by atoms with E-state index in [0.717, 1.165) is 25.3 Å². The van der Waals surface area contributed by atoms with Crippen LogP contribution in [0.3, 0.4) is 0 Å². The van der Waals surface area contributed by atoms with Gasteiger partial charge in [-0.3, -0.25) is 4.79 Å². The number of carbonyl (C=O) groups is 1. The summed E-state index contributed by atoms with van der Waals surface area (Å²) in [6.45, 7) is 4.25. The van der Waals surface area contributed by atoms with Crippen LogP contribution >= 0.6 is 0 Å². The Morgan fingerprint density at radius 2 is 1.91 bits per heavy atom. The molecule has 3 rings (SSSR count). The van der Waals surface area contributed by atoms with Gasteiger partial charge in [0.2, 0.25) is 5.82 Å². The van der Waals surface area contributed by atoms with Crippen LogP contribution in [0.25, 0.3) is 6.08 Å². The molecule has 0 fully saturated rings. The number of nitrogens with one attached hydrogen (secondary N) is 1. The van der Waals surface area contributed by atoms with E-state index in [9.17, 15) is 18.7 Å². The van der Waals surface area contributed by atoms with Crippen LogP contribution < -0.4 is 10.1 Å². The van der Waals surface area contributed by atoms with Crippen LogP contribution in [0, 0.1) is 17.6 Å². The van der Waals surface area contributed by atoms with Crippen molar-refractivity contribution in [3.8, 4) is 5.75 Å². The van der Waals surface area contributed by atoms with Crippen LogP contribution in [0.2, 0.25) is 0 Å². The molecule has 5 nitrogen and oxygen atoms in total. The number of halogens is 2. The van der Waals surface area contributed by atoms with Crippen molar-refractivity contribution < 1.29 is 28.5 Å². The van der Waals surface area contributed by atoms with E-state index in [1.807, 2.05) is 0 Å². The second-order valence-electron chi connectivity index (χ2n) is 9.63. The standard InChI is InChI=1S/C27H33F2NO4/c1-27(2,15-19-11-20-8-4-5-9-21(20)12-19)30-16-22(31)17-34-24-14-18(13-23(28)26(24)29)7-3-6-10-25(32)33/h3-5,7-9,13-14,19,22,30-31H,6,10-12,15-17H2,1-2H3,(H,32,33)/b7-3+/t22-/m0/s1. The molecule has 2 aromatic carbocycles. The number of hydrogen-bond acceptors (Lipinski definition) is 4. The number of aliphatic hydroxyl groups excluding tert-OH is 1. The third-order valence-corrected chi connectivity index (χ3v) is 6.03. The Hall–Kier alpha value is -2.77. The lowest BCUT2D eigenvalue weighted by atomic mass is 9.88. The molecule has 184 valence electrons. The van der Waals surface area contributed by atoms with E-state index < -0.39 is 23.7 Å². The summed E-state index contributed by atoms with van der Waals surface area (Å²) in [5.74, 6) is -2.87. The van der Waals surface area contributed by atoms with Crippen molar-refractivity contribution in [2.75, 3.05) is 13.2 Å². The molecular formula is C27H33F2NO4. The van der Waals surface area contributed by atoms with Crippen molar-refractivity contribution in [2.45, 2.75) is 57.6 Å². The molecule has 0 spiro atoms. The van der Waals surface area contributed by atoms with Crippen molar-refractivity contribution >= 4 is 12.0 Å². The second kappa shape index (κ2) is 11.6. The number of carboxylic acids is 1. The molecule has 0 aromatic heterocycles. The minimum Gasteiger partial charge on any atom is -0.488 e. The maximum Gasteiger partial charge on any atom is 0.303 e. The van der Waals surface area contributed by atoms with Gasteiger partial charge in [-0.05, 0) is 74.3 Å². The summed E-state index contributed by atoms with van der Waals surface area (Å²) in [5, 5.41) is 22.4. The van der Waals surface area contributed by atoms with Crippen LogP contribution in [0.5, 0.6) is 5.75 Å². The molecule has 1 atom stereocenters. The summed E-state index contributed by atoms with van der Waals surface area (Å²) in [6, 6.07) is 10.8. The van der Waals surface area contributed by atoms with Gasteiger partial charge in [-0.1, -0.05) is 36.4 Å². The molecule has 0 amide bonds. The Labute approximate surface area is 199 Å². The van der Waals surface area contributed by atoms with Gasteiger partial charge in [-0.2, -0.15) is 4.39 Å². The van der Waals surface area contributed by atoms with Crippen molar-refractivity contribution in [3.05, 3.63) is 70.8 Å². The van der Waals surface area contributed by atoms with Crippen molar-refractivity contribution in [1.29, 1.82) is 0 Å². The summed E-state index contributed by atoms with van der Waals surface area (Å²) >= 11 is 0. The van der Waals surface area contributed by atoms with Crippen molar-refractivity contribution in [2.24, 2.45) is 5.92 Å². The Kier molecular flexibility index (Phi) is 8.80. The fourth-order valence-electron chi connectivity index (χ4n) is 4.44. The van der Waals surface area contributed by atoms with Crippen LogP contribution in [-0.2, 0) is 17.6 Å². The van der Waals surface area contributed by atoms with Gasteiger partial charge in [-0.15, -0.1) is 0 Å². The SMILES string of the molecule is CC(C)(CC1Cc2ccccc2C1)NC[C@H](O)COc1cc(/C=C/CCC(=O)O)cc(F)c1F. The zero-order valence-electron chi connectivity index (χ0n) is 19.7. The number of aliphatic hydroxyl groups is 1. The lowest BCUT2D eigenvalue weighted by molar-refractivity contribution is -0.136. The molecule has 1 aliphatic rings. The van der Waals surface area contributed by atoms with E-state index in [4.69, 9.17) is 9.84 Å². The van der Waals surface area contributed by atoms with Gasteiger partial charge >= 0.3 is 5.97 Å². The molecule has 7 heteroatoms. The fourth-order valence-corrected chi connectivity index (χ4v) is 4.44. The molecular weight excluding hydrogens is 440 g/mol. The van der Waals surface area contributed by atoms with E-state index in [2.05, 4.69) is 43.4 Å². The number of allylic oxidation sites excluding steroid dienone is 1. The average molecular weight is 474 g/mol. The quantitative estimate of drug-likeness (QED) is 0.414. The zero-order valence-corrected chi connectivity index (χ0v) is 19.7. The molecule has 2 aromatic rings. The van der Waals surface area contributed by atoms with Gasteiger partial charge < -0.3 is 20.3 Å². The number of carboxylic acid groups (broad SMARTS) is 1. The summed E-state index contributed by atoms with van der Waals surface area (Å²) in [6.07, 6.45) is 5.47. The second-order valence-corrected chi connectivity index (χ2v) is 9.63. The van der Waals surface area contributed by atoms with E-state index in [1.165, 1.54) is 23.3 Å². The van der Waals surface area contributed by atoms with Crippen molar-refractivity contribution in [3.63, 3.8) is 0 Å². The molecule has 0 aliphatic heterocycles. The highest BCUT2D eigenvalue weighted by atomic mass is 19.2. The predicted octanol–water partition coefficient (Wildman–Crippen LogP) is 4.76. The van der Waals surface area contributed by atoms with Gasteiger partial charge in [0, 0.05) is 18.5 Å². The molecule has 0 unspecified atom stereocenters. The number of rotatable bonds is 12. The highest BCUT2D eigenvalue weighted by molar-refractivity contribution is 5.67. The summed E-state index contributed by atoms with van der Waals surface area (Å²) in [7, 11) is 0. The van der Waals surface area contributed by atoms with E-state index in [-0.39, 0.29) is 37.3 Å². The first-order valence-corrected chi connectivity index (χ1v) is 11.6. The zero-order chi connectivity index (χ0) is 24.7. The molecule has 0 saturated carbocycles. The number of ether oxygens (including phenoxy) is 1. The van der Waals surface area contributed by atoms with Gasteiger partial charge in [0.15, 0.2) is 11.6 Å². The minimum absolute atomic E-state index is 0.0489. The highest BCUT2D eigenvalue weighted by Crippen LogP contribution is 2.32. The molecule has 34 heavy (non-hydrogen) atoms. The van der Waals surface area contributed by atoms with E-state index in [0.29, 0.717) is 11.5 Å². The van der Waals surface area contributed by atoms with Crippen LogP contribution in [0.15, 0.2) is 42.5 Å². The van der Waals surface area contributed by atoms with Gasteiger partial charge in [0.1, 0.15) is 12.7 Å². The lowest BCUT2D eigenvalue weighted by Gasteiger charge is -2.30. The first-order valence-electron chi connectivity index (χ1n) is 11.6. The van der Waals surface area contributed by atoms with Crippen LogP contribution in [0.4, 0.5) is 8.78 Å². The number of β-amino-alcohol motifs (C(OH)–C–C–N with tert-alkyl or cyclic N) is 1. The van der Waals surface area contributed by atoms with Gasteiger partial charge in [0.05, 0.1) is 0 Å². The Morgan fingerprint density at radius 3 is 2.56 bits per heavy atom. The fraction of sp³-hybridized carbons (Fsp3) is 0.444. The summed E-state index contributed by atoms with van der Waals surface area (Å²) < 4.78 is 33.5. The molecule has 1 aliphatic carbocycles. The molecule has 0 saturated heterocycles. The van der Waals surface area contributed by atoms with Gasteiger partial charge in [0.25, 0.3) is 0 Å². The topological polar surface area (TPSA) is 78.8 Å². The van der Waals surface area contributed by atoms with E-state index in [1.54, 1.807) is 6.08 Å². The minimum atomic E-state index is -1.12. The normalized spacial score (nSPS) is 15.0. The highest BCUT2D eigenvalue weighted by Gasteiger charge is 2.28. The monoisotopic (exact) mass is 473 g/mol. The number of fused-ring (bicyclic) bond motifs is 1. The Morgan fingerprint density at radius 1 is 1.24 bits per heavy atom. The number of benzene rings is 2. The molecule has 0 radical (unpaired) electrons. The number of aliphatic carboxylic acids is 1. The maximum absolute atomic E-state index is 14.1. The summed E-state index contributed by atoms with van der Waals surface area (Å²) in [5.41, 5.74) is 2.96. The smallest absolute Gasteiger partial charge is 0.303 e. The largest absolute Gasteiger partial charge is 0.488 e.